The van der Waals surface area contributed by atoms with Gasteiger partial charge in [-0.15, -0.1) is 0 Å². The van der Waals surface area contributed by atoms with Gasteiger partial charge in [0.05, 0.1) is 17.1 Å². The van der Waals surface area contributed by atoms with Crippen molar-refractivity contribution < 1.29 is 17.5 Å². The van der Waals surface area contributed by atoms with Crippen molar-refractivity contribution >= 4 is 15.7 Å². The van der Waals surface area contributed by atoms with Crippen molar-refractivity contribution in [2.45, 2.75) is 18.7 Å². The predicted molar refractivity (Wildman–Crippen MR) is 82.3 cm³/mol. The molecule has 2 aromatic rings. The number of nitrogens with zero attached hydrogens (tertiary/aromatic N) is 1. The highest BCUT2D eigenvalue weighted by atomic mass is 32.2. The molecule has 0 aromatic heterocycles. The number of sulfonamides is 1. The van der Waals surface area contributed by atoms with E-state index in [0.29, 0.717) is 5.75 Å². The van der Waals surface area contributed by atoms with Crippen LogP contribution >= 0.6 is 0 Å². The van der Waals surface area contributed by atoms with Crippen molar-refractivity contribution in [3.05, 3.63) is 53.3 Å². The fourth-order valence-electron chi connectivity index (χ4n) is 2.42. The standard InChI is InChI=1S/C16H16FNO3S/c1-11-3-5-14(9-12(11)2)22(19,20)18-7-8-21-16-6-4-13(17)10-15(16)18/h3-6,9-10H,7-8H2,1-2H3. The van der Waals surface area contributed by atoms with E-state index < -0.39 is 15.8 Å². The van der Waals surface area contributed by atoms with Crippen molar-refractivity contribution in [2.24, 2.45) is 0 Å². The third kappa shape index (κ3) is 2.43. The summed E-state index contributed by atoms with van der Waals surface area (Å²) in [5.41, 5.74) is 2.16. The number of hydrogen-bond donors (Lipinski definition) is 0. The summed E-state index contributed by atoms with van der Waals surface area (Å²) >= 11 is 0. The van der Waals surface area contributed by atoms with Crippen molar-refractivity contribution in [1.82, 2.24) is 0 Å². The average Bonchev–Trinajstić information content (AvgIpc) is 2.49. The molecule has 0 fully saturated rings. The van der Waals surface area contributed by atoms with Crippen LogP contribution in [0.2, 0.25) is 0 Å². The summed E-state index contributed by atoms with van der Waals surface area (Å²) in [6, 6.07) is 8.88. The van der Waals surface area contributed by atoms with Gasteiger partial charge in [-0.2, -0.15) is 0 Å². The summed E-state index contributed by atoms with van der Waals surface area (Å²) in [7, 11) is -3.74. The summed E-state index contributed by atoms with van der Waals surface area (Å²) in [5.74, 6) is -0.121. The third-order valence-electron chi connectivity index (χ3n) is 3.81. The van der Waals surface area contributed by atoms with E-state index in [9.17, 15) is 12.8 Å². The summed E-state index contributed by atoms with van der Waals surface area (Å²) in [4.78, 5) is 0.202. The zero-order valence-electron chi connectivity index (χ0n) is 12.3. The quantitative estimate of drug-likeness (QED) is 0.854. The van der Waals surface area contributed by atoms with Crippen LogP contribution in [0.3, 0.4) is 0 Å². The number of aryl methyl sites for hydroxylation is 2. The Kier molecular flexibility index (Phi) is 3.56. The van der Waals surface area contributed by atoms with Gasteiger partial charge in [-0.05, 0) is 49.2 Å². The van der Waals surface area contributed by atoms with E-state index in [1.807, 2.05) is 13.8 Å². The molecule has 6 heteroatoms. The first kappa shape index (κ1) is 14.8. The van der Waals surface area contributed by atoms with Gasteiger partial charge in [-0.3, -0.25) is 4.31 Å². The predicted octanol–water partition coefficient (Wildman–Crippen LogP) is 3.03. The first-order valence-corrected chi connectivity index (χ1v) is 8.36. The van der Waals surface area contributed by atoms with Crippen LogP contribution in [0.5, 0.6) is 5.75 Å². The minimum atomic E-state index is -3.74. The van der Waals surface area contributed by atoms with E-state index >= 15 is 0 Å². The van der Waals surface area contributed by atoms with Gasteiger partial charge in [-0.25, -0.2) is 12.8 Å². The summed E-state index contributed by atoms with van der Waals surface area (Å²) in [6.45, 7) is 4.18. The molecule has 0 spiro atoms. The lowest BCUT2D eigenvalue weighted by atomic mass is 10.1. The molecule has 0 saturated carbocycles. The van der Waals surface area contributed by atoms with Crippen molar-refractivity contribution in [2.75, 3.05) is 17.5 Å². The third-order valence-corrected chi connectivity index (χ3v) is 5.62. The summed E-state index contributed by atoms with van der Waals surface area (Å²) in [5, 5.41) is 0. The Morgan fingerprint density at radius 1 is 1.09 bits per heavy atom. The van der Waals surface area contributed by atoms with Crippen LogP contribution in [0.4, 0.5) is 10.1 Å². The highest BCUT2D eigenvalue weighted by Crippen LogP contribution is 2.35. The van der Waals surface area contributed by atoms with Crippen LogP contribution in [0.25, 0.3) is 0 Å². The molecule has 0 saturated heterocycles. The maximum absolute atomic E-state index is 13.5. The number of anilines is 1. The van der Waals surface area contributed by atoms with Crippen LogP contribution in [-0.4, -0.2) is 21.6 Å². The minimum Gasteiger partial charge on any atom is -0.489 e. The number of benzene rings is 2. The lowest BCUT2D eigenvalue weighted by molar-refractivity contribution is 0.315. The minimum absolute atomic E-state index is 0.158. The van der Waals surface area contributed by atoms with Crippen LogP contribution in [-0.2, 0) is 10.0 Å². The zero-order valence-corrected chi connectivity index (χ0v) is 13.2. The molecule has 3 rings (SSSR count). The molecule has 1 aliphatic rings. The van der Waals surface area contributed by atoms with E-state index in [0.717, 1.165) is 11.1 Å². The van der Waals surface area contributed by atoms with E-state index in [-0.39, 0.29) is 23.7 Å². The SMILES string of the molecule is Cc1ccc(S(=O)(=O)N2CCOc3ccc(F)cc32)cc1C. The second-order valence-electron chi connectivity index (χ2n) is 5.28. The average molecular weight is 321 g/mol. The normalized spacial score (nSPS) is 14.4. The Morgan fingerprint density at radius 3 is 2.59 bits per heavy atom. The highest BCUT2D eigenvalue weighted by Gasteiger charge is 2.30. The second-order valence-corrected chi connectivity index (χ2v) is 7.15. The molecule has 116 valence electrons. The van der Waals surface area contributed by atoms with Crippen molar-refractivity contribution in [1.29, 1.82) is 0 Å². The number of fused-ring (bicyclic) bond motifs is 1. The lowest BCUT2D eigenvalue weighted by Crippen LogP contribution is -2.38. The molecule has 0 atom stereocenters. The molecule has 0 bridgehead atoms. The van der Waals surface area contributed by atoms with Gasteiger partial charge >= 0.3 is 0 Å². The van der Waals surface area contributed by atoms with Gasteiger partial charge in [-0.1, -0.05) is 6.07 Å². The molecule has 0 amide bonds. The molecule has 0 radical (unpaired) electrons. The van der Waals surface area contributed by atoms with Gasteiger partial charge in [0, 0.05) is 6.07 Å². The molecule has 1 aliphatic heterocycles. The fourth-order valence-corrected chi connectivity index (χ4v) is 3.95. The summed E-state index contributed by atoms with van der Waals surface area (Å²) < 4.78 is 45.9. The maximum atomic E-state index is 13.5. The Labute approximate surface area is 129 Å². The summed E-state index contributed by atoms with van der Waals surface area (Å²) in [6.07, 6.45) is 0. The largest absolute Gasteiger partial charge is 0.489 e. The molecule has 1 heterocycles. The van der Waals surface area contributed by atoms with Crippen LogP contribution in [0, 0.1) is 19.7 Å². The second kappa shape index (κ2) is 5.28. The topological polar surface area (TPSA) is 46.6 Å². The number of halogens is 1. The number of rotatable bonds is 2. The number of hydrogen-bond acceptors (Lipinski definition) is 3. The van der Waals surface area contributed by atoms with E-state index in [1.54, 1.807) is 18.2 Å². The molecule has 2 aromatic carbocycles. The monoisotopic (exact) mass is 321 g/mol. The van der Waals surface area contributed by atoms with Gasteiger partial charge in [0.15, 0.2) is 0 Å². The van der Waals surface area contributed by atoms with Gasteiger partial charge in [0.2, 0.25) is 0 Å². The molecule has 4 nitrogen and oxygen atoms in total. The van der Waals surface area contributed by atoms with Crippen molar-refractivity contribution in [3.63, 3.8) is 0 Å². The maximum Gasteiger partial charge on any atom is 0.264 e. The van der Waals surface area contributed by atoms with E-state index in [1.165, 1.54) is 22.5 Å². The van der Waals surface area contributed by atoms with Gasteiger partial charge in [0.25, 0.3) is 10.0 Å². The van der Waals surface area contributed by atoms with Crippen LogP contribution < -0.4 is 9.04 Å². The van der Waals surface area contributed by atoms with E-state index in [4.69, 9.17) is 4.74 Å². The first-order valence-electron chi connectivity index (χ1n) is 6.92. The zero-order chi connectivity index (χ0) is 15.9. The van der Waals surface area contributed by atoms with Crippen molar-refractivity contribution in [3.8, 4) is 5.75 Å². The Hall–Kier alpha value is -2.08. The van der Waals surface area contributed by atoms with Crippen LogP contribution in [0.15, 0.2) is 41.3 Å². The van der Waals surface area contributed by atoms with E-state index in [2.05, 4.69) is 0 Å². The fraction of sp³-hybridized carbons (Fsp3) is 0.250. The Bertz CT molecular complexity index is 833. The molecule has 22 heavy (non-hydrogen) atoms. The van der Waals surface area contributed by atoms with Crippen LogP contribution in [0.1, 0.15) is 11.1 Å². The number of ether oxygens (including phenoxy) is 1. The molecular formula is C16H16FNO3S. The van der Waals surface area contributed by atoms with Gasteiger partial charge < -0.3 is 4.74 Å². The molecule has 0 aliphatic carbocycles. The Balaban J connectivity index is 2.11. The molecular weight excluding hydrogens is 305 g/mol. The van der Waals surface area contributed by atoms with Gasteiger partial charge in [0.1, 0.15) is 18.2 Å². The highest BCUT2D eigenvalue weighted by molar-refractivity contribution is 7.92. The lowest BCUT2D eigenvalue weighted by Gasteiger charge is -2.30. The Morgan fingerprint density at radius 2 is 1.86 bits per heavy atom. The molecule has 0 unspecified atom stereocenters. The molecule has 0 N–H and O–H groups in total. The first-order chi connectivity index (χ1) is 10.4. The smallest absolute Gasteiger partial charge is 0.264 e.